The van der Waals surface area contributed by atoms with E-state index in [1.54, 1.807) is 12.1 Å². The van der Waals surface area contributed by atoms with Crippen LogP contribution in [0.1, 0.15) is 25.8 Å². The lowest BCUT2D eigenvalue weighted by Gasteiger charge is -2.05. The SMILES string of the molecule is CC(C)CNCCC=Cc1cc(Br)ccc1F. The molecule has 0 unspecified atom stereocenters. The van der Waals surface area contributed by atoms with Crippen molar-refractivity contribution in [1.82, 2.24) is 5.32 Å². The molecule has 0 aliphatic rings. The van der Waals surface area contributed by atoms with Crippen LogP contribution in [0.2, 0.25) is 0 Å². The molecule has 1 aromatic rings. The van der Waals surface area contributed by atoms with E-state index in [0.717, 1.165) is 24.0 Å². The van der Waals surface area contributed by atoms with Crippen LogP contribution in [0.5, 0.6) is 0 Å². The highest BCUT2D eigenvalue weighted by atomic mass is 79.9. The van der Waals surface area contributed by atoms with Crippen molar-refractivity contribution < 1.29 is 4.39 Å². The Morgan fingerprint density at radius 3 is 2.88 bits per heavy atom. The molecule has 1 aromatic carbocycles. The fraction of sp³-hybridized carbons (Fsp3) is 0.429. The molecule has 0 aliphatic heterocycles. The average molecular weight is 300 g/mol. The van der Waals surface area contributed by atoms with Crippen molar-refractivity contribution in [2.45, 2.75) is 20.3 Å². The molecule has 0 saturated carbocycles. The van der Waals surface area contributed by atoms with Gasteiger partial charge in [0, 0.05) is 10.0 Å². The maximum atomic E-state index is 13.4. The van der Waals surface area contributed by atoms with Gasteiger partial charge in [-0.25, -0.2) is 4.39 Å². The fourth-order valence-corrected chi connectivity index (χ4v) is 1.81. The van der Waals surface area contributed by atoms with Crippen LogP contribution >= 0.6 is 15.9 Å². The van der Waals surface area contributed by atoms with Crippen LogP contribution in [0, 0.1) is 11.7 Å². The van der Waals surface area contributed by atoms with Gasteiger partial charge in [-0.3, -0.25) is 0 Å². The summed E-state index contributed by atoms with van der Waals surface area (Å²) in [6.45, 7) is 6.32. The predicted molar refractivity (Wildman–Crippen MR) is 75.5 cm³/mol. The highest BCUT2D eigenvalue weighted by Crippen LogP contribution is 2.16. The normalized spacial score (nSPS) is 11.6. The number of hydrogen-bond acceptors (Lipinski definition) is 1. The Hall–Kier alpha value is -0.670. The number of benzene rings is 1. The zero-order valence-electron chi connectivity index (χ0n) is 10.3. The Morgan fingerprint density at radius 1 is 1.41 bits per heavy atom. The van der Waals surface area contributed by atoms with Crippen LogP contribution in [0.4, 0.5) is 4.39 Å². The topological polar surface area (TPSA) is 12.0 Å². The summed E-state index contributed by atoms with van der Waals surface area (Å²) >= 11 is 3.33. The number of rotatable bonds is 6. The van der Waals surface area contributed by atoms with Crippen molar-refractivity contribution in [2.24, 2.45) is 5.92 Å². The van der Waals surface area contributed by atoms with Gasteiger partial charge in [-0.1, -0.05) is 41.9 Å². The van der Waals surface area contributed by atoms with Crippen molar-refractivity contribution in [1.29, 1.82) is 0 Å². The number of nitrogens with one attached hydrogen (secondary N) is 1. The summed E-state index contributed by atoms with van der Waals surface area (Å²) in [5, 5.41) is 3.34. The Morgan fingerprint density at radius 2 is 2.18 bits per heavy atom. The van der Waals surface area contributed by atoms with Crippen molar-refractivity contribution in [2.75, 3.05) is 13.1 Å². The second-order valence-electron chi connectivity index (χ2n) is 4.45. The Bertz CT molecular complexity index is 374. The largest absolute Gasteiger partial charge is 0.316 e. The van der Waals surface area contributed by atoms with Crippen molar-refractivity contribution >= 4 is 22.0 Å². The first-order valence-corrected chi connectivity index (χ1v) is 6.71. The third-order valence-electron chi connectivity index (χ3n) is 2.30. The molecular formula is C14H19BrFN. The summed E-state index contributed by atoms with van der Waals surface area (Å²) in [4.78, 5) is 0. The van der Waals surface area contributed by atoms with Crippen LogP contribution in [0.15, 0.2) is 28.7 Å². The summed E-state index contributed by atoms with van der Waals surface area (Å²) in [6, 6.07) is 4.96. The lowest BCUT2D eigenvalue weighted by Crippen LogP contribution is -2.20. The van der Waals surface area contributed by atoms with E-state index in [9.17, 15) is 4.39 Å². The van der Waals surface area contributed by atoms with Gasteiger partial charge in [0.1, 0.15) is 5.82 Å². The molecule has 0 radical (unpaired) electrons. The Kier molecular flexibility index (Phi) is 6.45. The predicted octanol–water partition coefficient (Wildman–Crippen LogP) is 4.24. The maximum Gasteiger partial charge on any atom is 0.130 e. The minimum atomic E-state index is -0.181. The molecule has 1 rings (SSSR count). The molecule has 0 atom stereocenters. The monoisotopic (exact) mass is 299 g/mol. The molecule has 0 fully saturated rings. The van der Waals surface area contributed by atoms with Gasteiger partial charge in [0.2, 0.25) is 0 Å². The summed E-state index contributed by atoms with van der Waals surface area (Å²) in [5.41, 5.74) is 0.628. The molecule has 1 nitrogen and oxygen atoms in total. The van der Waals surface area contributed by atoms with E-state index >= 15 is 0 Å². The van der Waals surface area contributed by atoms with E-state index < -0.39 is 0 Å². The highest BCUT2D eigenvalue weighted by Gasteiger charge is 1.98. The first-order valence-electron chi connectivity index (χ1n) is 5.92. The summed E-state index contributed by atoms with van der Waals surface area (Å²) in [7, 11) is 0. The maximum absolute atomic E-state index is 13.4. The van der Waals surface area contributed by atoms with Crippen molar-refractivity contribution in [3.8, 4) is 0 Å². The van der Waals surface area contributed by atoms with Crippen LogP contribution < -0.4 is 5.32 Å². The summed E-state index contributed by atoms with van der Waals surface area (Å²) in [6.07, 6.45) is 4.74. The van der Waals surface area contributed by atoms with Crippen molar-refractivity contribution in [3.63, 3.8) is 0 Å². The van der Waals surface area contributed by atoms with Gasteiger partial charge in [-0.05, 0) is 43.6 Å². The van der Waals surface area contributed by atoms with Gasteiger partial charge in [0.05, 0.1) is 0 Å². The summed E-state index contributed by atoms with van der Waals surface area (Å²) < 4.78 is 14.3. The van der Waals surface area contributed by atoms with Gasteiger partial charge in [0.25, 0.3) is 0 Å². The zero-order chi connectivity index (χ0) is 12.7. The minimum absolute atomic E-state index is 0.181. The molecule has 3 heteroatoms. The molecule has 0 bridgehead atoms. The minimum Gasteiger partial charge on any atom is -0.316 e. The molecular weight excluding hydrogens is 281 g/mol. The van der Waals surface area contributed by atoms with Gasteiger partial charge < -0.3 is 5.32 Å². The van der Waals surface area contributed by atoms with E-state index in [-0.39, 0.29) is 5.82 Å². The lowest BCUT2D eigenvalue weighted by molar-refractivity contribution is 0.557. The Balaban J connectivity index is 2.35. The van der Waals surface area contributed by atoms with E-state index in [1.165, 1.54) is 6.07 Å². The second-order valence-corrected chi connectivity index (χ2v) is 5.37. The number of halogens is 2. The van der Waals surface area contributed by atoms with Crippen molar-refractivity contribution in [3.05, 3.63) is 40.1 Å². The molecule has 0 heterocycles. The molecule has 0 saturated heterocycles. The standard InChI is InChI=1S/C14H19BrFN/c1-11(2)10-17-8-4-3-5-12-9-13(15)6-7-14(12)16/h3,5-7,9,11,17H,4,8,10H2,1-2H3. The third kappa shape index (κ3) is 5.99. The summed E-state index contributed by atoms with van der Waals surface area (Å²) in [5.74, 6) is 0.487. The van der Waals surface area contributed by atoms with Gasteiger partial charge in [-0.15, -0.1) is 0 Å². The zero-order valence-corrected chi connectivity index (χ0v) is 11.9. The van der Waals surface area contributed by atoms with Gasteiger partial charge in [0.15, 0.2) is 0 Å². The molecule has 0 aromatic heterocycles. The van der Waals surface area contributed by atoms with Crippen LogP contribution in [-0.2, 0) is 0 Å². The lowest BCUT2D eigenvalue weighted by atomic mass is 10.2. The first kappa shape index (κ1) is 14.4. The van der Waals surface area contributed by atoms with Gasteiger partial charge >= 0.3 is 0 Å². The smallest absolute Gasteiger partial charge is 0.130 e. The van der Waals surface area contributed by atoms with Gasteiger partial charge in [-0.2, -0.15) is 0 Å². The van der Waals surface area contributed by atoms with Crippen LogP contribution in [0.25, 0.3) is 6.08 Å². The fourth-order valence-electron chi connectivity index (χ4n) is 1.43. The molecule has 0 spiro atoms. The third-order valence-corrected chi connectivity index (χ3v) is 2.79. The molecule has 0 amide bonds. The Labute approximate surface area is 111 Å². The molecule has 0 aliphatic carbocycles. The van der Waals surface area contributed by atoms with E-state index in [0.29, 0.717) is 11.5 Å². The van der Waals surface area contributed by atoms with E-state index in [2.05, 4.69) is 35.1 Å². The second kappa shape index (κ2) is 7.62. The van der Waals surface area contributed by atoms with E-state index in [4.69, 9.17) is 0 Å². The average Bonchev–Trinajstić information content (AvgIpc) is 2.27. The first-order chi connectivity index (χ1) is 8.09. The quantitative estimate of drug-likeness (QED) is 0.775. The van der Waals surface area contributed by atoms with Crippen LogP contribution in [0.3, 0.4) is 0 Å². The molecule has 17 heavy (non-hydrogen) atoms. The number of hydrogen-bond donors (Lipinski definition) is 1. The molecule has 1 N–H and O–H groups in total. The highest BCUT2D eigenvalue weighted by molar-refractivity contribution is 9.10. The van der Waals surface area contributed by atoms with Crippen LogP contribution in [-0.4, -0.2) is 13.1 Å². The van der Waals surface area contributed by atoms with E-state index in [1.807, 2.05) is 12.2 Å². The molecule has 94 valence electrons.